The van der Waals surface area contributed by atoms with Gasteiger partial charge in [0.2, 0.25) is 5.24 Å². The molecule has 0 bridgehead atoms. The Bertz CT molecular complexity index is 757. The molecule has 0 unspecified atom stereocenters. The first kappa shape index (κ1) is 14.9. The van der Waals surface area contributed by atoms with Crippen molar-refractivity contribution in [2.45, 2.75) is 12.8 Å². The largest absolute Gasteiger partial charge is 0.281 e. The highest BCUT2D eigenvalue weighted by Gasteiger charge is 2.10. The van der Waals surface area contributed by atoms with Crippen molar-refractivity contribution in [3.63, 3.8) is 0 Å². The first-order chi connectivity index (χ1) is 9.97. The van der Waals surface area contributed by atoms with Gasteiger partial charge in [0.1, 0.15) is 0 Å². The van der Waals surface area contributed by atoms with Crippen molar-refractivity contribution in [3.05, 3.63) is 56.4 Å². The lowest BCUT2D eigenvalue weighted by atomic mass is 10.1. The Labute approximate surface area is 123 Å². The molecule has 1 N–H and O–H groups in total. The summed E-state index contributed by atoms with van der Waals surface area (Å²) in [5.74, 6) is 0. The second kappa shape index (κ2) is 6.27. The summed E-state index contributed by atoms with van der Waals surface area (Å²) in [4.78, 5) is 32.6. The lowest BCUT2D eigenvalue weighted by molar-refractivity contribution is -0.384. The van der Waals surface area contributed by atoms with Crippen LogP contribution in [-0.2, 0) is 11.2 Å². The number of nitro groups is 1. The van der Waals surface area contributed by atoms with Crippen molar-refractivity contribution >= 4 is 22.5 Å². The van der Waals surface area contributed by atoms with Gasteiger partial charge in [-0.3, -0.25) is 19.7 Å². The molecule has 1 heterocycles. The summed E-state index contributed by atoms with van der Waals surface area (Å²) in [6.45, 7) is 0. The predicted octanol–water partition coefficient (Wildman–Crippen LogP) is 2.04. The molecule has 0 aliphatic carbocycles. The van der Waals surface area contributed by atoms with E-state index in [9.17, 15) is 19.7 Å². The van der Waals surface area contributed by atoms with Gasteiger partial charge in [0, 0.05) is 29.7 Å². The Kier molecular flexibility index (Phi) is 4.44. The highest BCUT2D eigenvalue weighted by Crippen LogP contribution is 2.21. The number of nitrogens with zero attached hydrogens (tertiary/aromatic N) is 2. The second-order valence-electron chi connectivity index (χ2n) is 4.27. The first-order valence-electron chi connectivity index (χ1n) is 5.99. The third-order valence-corrected chi connectivity index (χ3v) is 3.01. The number of nitro benzene ring substituents is 1. The molecule has 0 aliphatic rings. The molecule has 0 atom stereocenters. The van der Waals surface area contributed by atoms with Crippen LogP contribution >= 0.6 is 11.6 Å². The average Bonchev–Trinajstić information content (AvgIpc) is 2.46. The summed E-state index contributed by atoms with van der Waals surface area (Å²) in [5, 5.41) is 16.4. The maximum atomic E-state index is 11.6. The van der Waals surface area contributed by atoms with Gasteiger partial charge in [0.25, 0.3) is 11.2 Å². The fraction of sp³-hybridized carbons (Fsp3) is 0.154. The summed E-state index contributed by atoms with van der Waals surface area (Å²) < 4.78 is 0. The summed E-state index contributed by atoms with van der Waals surface area (Å²) in [6, 6.07) is 7.39. The minimum Gasteiger partial charge on any atom is -0.281 e. The van der Waals surface area contributed by atoms with E-state index in [4.69, 9.17) is 11.6 Å². The number of aromatic nitrogens is 2. The Morgan fingerprint density at radius 2 is 2.14 bits per heavy atom. The number of aromatic amines is 1. The van der Waals surface area contributed by atoms with Gasteiger partial charge < -0.3 is 0 Å². The summed E-state index contributed by atoms with van der Waals surface area (Å²) in [5.41, 5.74) is 0.745. The molecule has 2 aromatic rings. The number of hydrogen-bond donors (Lipinski definition) is 1. The zero-order chi connectivity index (χ0) is 15.4. The molecular formula is C13H10ClN3O4. The zero-order valence-electron chi connectivity index (χ0n) is 10.7. The summed E-state index contributed by atoms with van der Waals surface area (Å²) in [6.07, 6.45) is 0.213. The normalized spacial score (nSPS) is 10.3. The van der Waals surface area contributed by atoms with Crippen LogP contribution in [0.15, 0.2) is 35.1 Å². The fourth-order valence-electron chi connectivity index (χ4n) is 1.79. The van der Waals surface area contributed by atoms with Crippen molar-refractivity contribution in [3.8, 4) is 11.3 Å². The molecule has 1 aromatic heterocycles. The molecule has 0 radical (unpaired) electrons. The number of halogens is 1. The van der Waals surface area contributed by atoms with Crippen molar-refractivity contribution in [1.82, 2.24) is 10.2 Å². The Morgan fingerprint density at radius 3 is 2.81 bits per heavy atom. The molecule has 0 fully saturated rings. The molecule has 7 nitrogen and oxygen atoms in total. The lowest BCUT2D eigenvalue weighted by Gasteiger charge is -2.03. The monoisotopic (exact) mass is 307 g/mol. The lowest BCUT2D eigenvalue weighted by Crippen LogP contribution is -2.15. The quantitative estimate of drug-likeness (QED) is 0.517. The molecular weight excluding hydrogens is 298 g/mol. The van der Waals surface area contributed by atoms with Crippen LogP contribution in [0.25, 0.3) is 11.3 Å². The molecule has 0 spiro atoms. The van der Waals surface area contributed by atoms with Gasteiger partial charge in [-0.1, -0.05) is 12.1 Å². The van der Waals surface area contributed by atoms with E-state index >= 15 is 0 Å². The third kappa shape index (κ3) is 3.73. The SMILES string of the molecule is O=C(Cl)CCc1cc(-c2cccc([N+](=O)[O-])c2)n[nH]c1=O. The number of carbonyl (C=O) groups excluding carboxylic acids is 1. The van der Waals surface area contributed by atoms with Crippen LogP contribution in [0.3, 0.4) is 0 Å². The van der Waals surface area contributed by atoms with E-state index in [-0.39, 0.29) is 18.5 Å². The zero-order valence-corrected chi connectivity index (χ0v) is 11.5. The van der Waals surface area contributed by atoms with Crippen LogP contribution in [0.1, 0.15) is 12.0 Å². The van der Waals surface area contributed by atoms with Crippen LogP contribution in [-0.4, -0.2) is 20.4 Å². The van der Waals surface area contributed by atoms with Gasteiger partial charge in [0.05, 0.1) is 10.6 Å². The number of hydrogen-bond acceptors (Lipinski definition) is 5. The number of carbonyl (C=O) groups is 1. The van der Waals surface area contributed by atoms with Crippen molar-refractivity contribution in [2.24, 2.45) is 0 Å². The van der Waals surface area contributed by atoms with Crippen LogP contribution in [0, 0.1) is 10.1 Å². The molecule has 0 saturated heterocycles. The van der Waals surface area contributed by atoms with E-state index in [1.165, 1.54) is 24.3 Å². The van der Waals surface area contributed by atoms with Gasteiger partial charge in [-0.2, -0.15) is 5.10 Å². The Hall–Kier alpha value is -2.54. The standard InChI is InChI=1S/C13H10ClN3O4/c14-12(18)5-4-9-7-11(15-16-13(9)19)8-2-1-3-10(6-8)17(20)21/h1-3,6-7H,4-5H2,(H,16,19). The fourth-order valence-corrected chi connectivity index (χ4v) is 1.89. The minimum absolute atomic E-state index is 0.0308. The molecule has 0 saturated carbocycles. The Morgan fingerprint density at radius 1 is 1.38 bits per heavy atom. The van der Waals surface area contributed by atoms with E-state index in [1.807, 2.05) is 0 Å². The number of H-pyrrole nitrogens is 1. The third-order valence-electron chi connectivity index (χ3n) is 2.82. The van der Waals surface area contributed by atoms with Crippen LogP contribution in [0.5, 0.6) is 0 Å². The summed E-state index contributed by atoms with van der Waals surface area (Å²) in [7, 11) is 0. The molecule has 1 aromatic carbocycles. The highest BCUT2D eigenvalue weighted by molar-refractivity contribution is 6.63. The van der Waals surface area contributed by atoms with E-state index in [2.05, 4.69) is 10.2 Å². The van der Waals surface area contributed by atoms with E-state index in [0.717, 1.165) is 0 Å². The van der Waals surface area contributed by atoms with E-state index < -0.39 is 15.7 Å². The molecule has 8 heteroatoms. The van der Waals surface area contributed by atoms with Crippen LogP contribution in [0.4, 0.5) is 5.69 Å². The van der Waals surface area contributed by atoms with Crippen molar-refractivity contribution in [2.75, 3.05) is 0 Å². The number of non-ortho nitro benzene ring substituents is 1. The van der Waals surface area contributed by atoms with E-state index in [0.29, 0.717) is 16.8 Å². The average molecular weight is 308 g/mol. The molecule has 108 valence electrons. The topological polar surface area (TPSA) is 106 Å². The maximum absolute atomic E-state index is 11.6. The predicted molar refractivity (Wildman–Crippen MR) is 76.1 cm³/mol. The van der Waals surface area contributed by atoms with Gasteiger partial charge in [-0.05, 0) is 24.1 Å². The Balaban J connectivity index is 2.38. The van der Waals surface area contributed by atoms with Gasteiger partial charge in [-0.15, -0.1) is 0 Å². The number of rotatable bonds is 5. The van der Waals surface area contributed by atoms with Crippen molar-refractivity contribution in [1.29, 1.82) is 0 Å². The minimum atomic E-state index is -0.539. The van der Waals surface area contributed by atoms with Crippen molar-refractivity contribution < 1.29 is 9.72 Å². The number of benzene rings is 1. The van der Waals surface area contributed by atoms with E-state index in [1.54, 1.807) is 6.07 Å². The van der Waals surface area contributed by atoms with Crippen LogP contribution in [0.2, 0.25) is 0 Å². The number of nitrogens with one attached hydrogen (secondary N) is 1. The van der Waals surface area contributed by atoms with Gasteiger partial charge >= 0.3 is 0 Å². The smallest absolute Gasteiger partial charge is 0.270 e. The highest BCUT2D eigenvalue weighted by atomic mass is 35.5. The van der Waals surface area contributed by atoms with Gasteiger partial charge in [-0.25, -0.2) is 5.10 Å². The van der Waals surface area contributed by atoms with Gasteiger partial charge in [0.15, 0.2) is 0 Å². The summed E-state index contributed by atoms with van der Waals surface area (Å²) >= 11 is 5.25. The molecule has 21 heavy (non-hydrogen) atoms. The second-order valence-corrected chi connectivity index (χ2v) is 4.69. The number of aryl methyl sites for hydroxylation is 1. The van der Waals surface area contributed by atoms with Crippen LogP contribution < -0.4 is 5.56 Å². The maximum Gasteiger partial charge on any atom is 0.270 e. The molecule has 2 rings (SSSR count). The molecule has 0 aliphatic heterocycles. The molecule has 0 amide bonds. The first-order valence-corrected chi connectivity index (χ1v) is 6.37.